The molecule has 1 aliphatic heterocycles. The van der Waals surface area contributed by atoms with E-state index < -0.39 is 0 Å². The molecule has 2 atom stereocenters. The maximum atomic E-state index is 11.6. The van der Waals surface area contributed by atoms with Gasteiger partial charge in [0.25, 0.3) is 0 Å². The van der Waals surface area contributed by atoms with Crippen LogP contribution >= 0.6 is 0 Å². The van der Waals surface area contributed by atoms with E-state index in [4.69, 9.17) is 0 Å². The predicted molar refractivity (Wildman–Crippen MR) is 66.5 cm³/mol. The van der Waals surface area contributed by atoms with Crippen LogP contribution in [0.2, 0.25) is 0 Å². The molecular weight excluding hydrogens is 202 g/mol. The molecule has 0 radical (unpaired) electrons. The van der Waals surface area contributed by atoms with Crippen molar-refractivity contribution in [2.45, 2.75) is 46.2 Å². The van der Waals surface area contributed by atoms with Gasteiger partial charge in [-0.2, -0.15) is 0 Å². The second kappa shape index (κ2) is 6.09. The van der Waals surface area contributed by atoms with Gasteiger partial charge in [-0.3, -0.25) is 0 Å². The molecule has 0 aliphatic carbocycles. The molecule has 94 valence electrons. The van der Waals surface area contributed by atoms with E-state index >= 15 is 0 Å². The van der Waals surface area contributed by atoms with E-state index in [1.165, 1.54) is 0 Å². The fourth-order valence-electron chi connectivity index (χ4n) is 1.91. The van der Waals surface area contributed by atoms with Crippen molar-refractivity contribution in [3.8, 4) is 0 Å². The van der Waals surface area contributed by atoms with Gasteiger partial charge in [0.15, 0.2) is 0 Å². The number of likely N-dealkylation sites (tertiary alicyclic amines) is 1. The van der Waals surface area contributed by atoms with Gasteiger partial charge in [-0.25, -0.2) is 4.79 Å². The van der Waals surface area contributed by atoms with Crippen molar-refractivity contribution in [2.24, 2.45) is 5.92 Å². The fourth-order valence-corrected chi connectivity index (χ4v) is 1.91. The lowest BCUT2D eigenvalue weighted by molar-refractivity contribution is 0.207. The summed E-state index contributed by atoms with van der Waals surface area (Å²) >= 11 is 0. The lowest BCUT2D eigenvalue weighted by Gasteiger charge is -2.23. The molecule has 2 N–H and O–H groups in total. The van der Waals surface area contributed by atoms with Crippen molar-refractivity contribution >= 4 is 6.03 Å². The van der Waals surface area contributed by atoms with Gasteiger partial charge >= 0.3 is 6.03 Å². The van der Waals surface area contributed by atoms with Crippen molar-refractivity contribution in [1.29, 1.82) is 0 Å². The summed E-state index contributed by atoms with van der Waals surface area (Å²) in [7, 11) is 0. The van der Waals surface area contributed by atoms with Crippen molar-refractivity contribution in [3.05, 3.63) is 0 Å². The number of nitrogens with one attached hydrogen (secondary N) is 2. The Balaban J connectivity index is 2.32. The number of amides is 2. The van der Waals surface area contributed by atoms with E-state index in [0.717, 1.165) is 19.5 Å². The maximum absolute atomic E-state index is 11.6. The van der Waals surface area contributed by atoms with Crippen LogP contribution in [0.5, 0.6) is 0 Å². The summed E-state index contributed by atoms with van der Waals surface area (Å²) in [5, 5.41) is 6.43. The zero-order valence-electron chi connectivity index (χ0n) is 10.9. The molecule has 4 heteroatoms. The van der Waals surface area contributed by atoms with Crippen LogP contribution in [0.1, 0.15) is 34.1 Å². The summed E-state index contributed by atoms with van der Waals surface area (Å²) in [6.45, 7) is 11.0. The van der Waals surface area contributed by atoms with Gasteiger partial charge < -0.3 is 15.5 Å². The molecule has 0 spiro atoms. The highest BCUT2D eigenvalue weighted by molar-refractivity contribution is 5.74. The van der Waals surface area contributed by atoms with Crippen molar-refractivity contribution < 1.29 is 4.79 Å². The van der Waals surface area contributed by atoms with Gasteiger partial charge in [-0.05, 0) is 26.2 Å². The highest BCUT2D eigenvalue weighted by Gasteiger charge is 2.26. The standard InChI is InChI=1S/C12H25N3O/c1-5-13-12(16)15-7-6-11(8-15)14-10(4)9(2)3/h9-11,14H,5-8H2,1-4H3,(H,13,16). The van der Waals surface area contributed by atoms with Gasteiger partial charge in [0, 0.05) is 31.7 Å². The SMILES string of the molecule is CCNC(=O)N1CCC(NC(C)C(C)C)C1. The van der Waals surface area contributed by atoms with Crippen LogP contribution in [0.4, 0.5) is 4.79 Å². The van der Waals surface area contributed by atoms with Crippen LogP contribution < -0.4 is 10.6 Å². The van der Waals surface area contributed by atoms with Crippen LogP contribution in [-0.2, 0) is 0 Å². The quantitative estimate of drug-likeness (QED) is 0.763. The number of carbonyl (C=O) groups excluding carboxylic acids is 1. The molecule has 0 aromatic rings. The summed E-state index contributed by atoms with van der Waals surface area (Å²) in [6.07, 6.45) is 1.06. The second-order valence-electron chi connectivity index (χ2n) is 4.97. The summed E-state index contributed by atoms with van der Waals surface area (Å²) in [4.78, 5) is 13.5. The summed E-state index contributed by atoms with van der Waals surface area (Å²) in [5.41, 5.74) is 0. The van der Waals surface area contributed by atoms with Gasteiger partial charge in [0.05, 0.1) is 0 Å². The van der Waals surface area contributed by atoms with Gasteiger partial charge in [-0.1, -0.05) is 13.8 Å². The molecule has 2 amide bonds. The number of hydrogen-bond donors (Lipinski definition) is 2. The highest BCUT2D eigenvalue weighted by Crippen LogP contribution is 2.11. The molecule has 1 rings (SSSR count). The van der Waals surface area contributed by atoms with E-state index in [2.05, 4.69) is 31.4 Å². The monoisotopic (exact) mass is 227 g/mol. The fraction of sp³-hybridized carbons (Fsp3) is 0.917. The average molecular weight is 227 g/mol. The topological polar surface area (TPSA) is 44.4 Å². The van der Waals surface area contributed by atoms with Gasteiger partial charge in [-0.15, -0.1) is 0 Å². The van der Waals surface area contributed by atoms with E-state index in [0.29, 0.717) is 24.5 Å². The van der Waals surface area contributed by atoms with Crippen LogP contribution in [0.3, 0.4) is 0 Å². The number of nitrogens with zero attached hydrogens (tertiary/aromatic N) is 1. The highest BCUT2D eigenvalue weighted by atomic mass is 16.2. The third-order valence-corrected chi connectivity index (χ3v) is 3.30. The van der Waals surface area contributed by atoms with Gasteiger partial charge in [0.1, 0.15) is 0 Å². The molecule has 1 fully saturated rings. The first-order valence-electron chi connectivity index (χ1n) is 6.33. The van der Waals surface area contributed by atoms with Crippen LogP contribution in [0.15, 0.2) is 0 Å². The Bertz CT molecular complexity index is 230. The number of carbonyl (C=O) groups is 1. The molecule has 0 aromatic heterocycles. The minimum atomic E-state index is 0.0731. The lowest BCUT2D eigenvalue weighted by Crippen LogP contribution is -2.43. The molecule has 2 unspecified atom stereocenters. The molecular formula is C12H25N3O. The molecule has 1 saturated heterocycles. The van der Waals surface area contributed by atoms with Crippen LogP contribution in [-0.4, -0.2) is 42.6 Å². The lowest BCUT2D eigenvalue weighted by atomic mass is 10.1. The van der Waals surface area contributed by atoms with Crippen LogP contribution in [0, 0.1) is 5.92 Å². The Morgan fingerprint density at radius 1 is 1.44 bits per heavy atom. The van der Waals surface area contributed by atoms with Gasteiger partial charge in [0.2, 0.25) is 0 Å². The zero-order chi connectivity index (χ0) is 12.1. The summed E-state index contributed by atoms with van der Waals surface area (Å²) in [6, 6.07) is 1.04. The van der Waals surface area contributed by atoms with E-state index in [1.54, 1.807) is 0 Å². The maximum Gasteiger partial charge on any atom is 0.317 e. The zero-order valence-corrected chi connectivity index (χ0v) is 10.9. The molecule has 4 nitrogen and oxygen atoms in total. The molecule has 16 heavy (non-hydrogen) atoms. The molecule has 1 aliphatic rings. The third-order valence-electron chi connectivity index (χ3n) is 3.30. The van der Waals surface area contributed by atoms with Crippen molar-refractivity contribution in [1.82, 2.24) is 15.5 Å². The number of rotatable bonds is 4. The summed E-state index contributed by atoms with van der Waals surface area (Å²) in [5.74, 6) is 0.638. The predicted octanol–water partition coefficient (Wildman–Crippen LogP) is 1.42. The minimum Gasteiger partial charge on any atom is -0.338 e. The third kappa shape index (κ3) is 3.67. The van der Waals surface area contributed by atoms with Crippen molar-refractivity contribution in [2.75, 3.05) is 19.6 Å². The number of urea groups is 1. The van der Waals surface area contributed by atoms with E-state index in [1.807, 2.05) is 11.8 Å². The molecule has 0 aromatic carbocycles. The van der Waals surface area contributed by atoms with E-state index in [9.17, 15) is 4.79 Å². The first kappa shape index (κ1) is 13.3. The normalized spacial score (nSPS) is 22.6. The smallest absolute Gasteiger partial charge is 0.317 e. The Morgan fingerprint density at radius 3 is 2.69 bits per heavy atom. The Kier molecular flexibility index (Phi) is 5.06. The minimum absolute atomic E-state index is 0.0731. The Labute approximate surface area is 98.8 Å². The molecule has 0 saturated carbocycles. The molecule has 0 bridgehead atoms. The second-order valence-corrected chi connectivity index (χ2v) is 4.97. The molecule has 1 heterocycles. The first-order valence-corrected chi connectivity index (χ1v) is 6.33. The van der Waals surface area contributed by atoms with E-state index in [-0.39, 0.29) is 6.03 Å². The first-order chi connectivity index (χ1) is 7.54. The largest absolute Gasteiger partial charge is 0.338 e. The average Bonchev–Trinajstić information content (AvgIpc) is 2.66. The Morgan fingerprint density at radius 2 is 2.12 bits per heavy atom. The van der Waals surface area contributed by atoms with Crippen molar-refractivity contribution in [3.63, 3.8) is 0 Å². The summed E-state index contributed by atoms with van der Waals surface area (Å²) < 4.78 is 0. The Hall–Kier alpha value is -0.770. The van der Waals surface area contributed by atoms with Crippen LogP contribution in [0.25, 0.3) is 0 Å². The number of hydrogen-bond acceptors (Lipinski definition) is 2.